The molecule has 0 spiro atoms. The highest BCUT2D eigenvalue weighted by atomic mass is 32.1. The zero-order chi connectivity index (χ0) is 16.9. The van der Waals surface area contributed by atoms with Gasteiger partial charge in [-0.25, -0.2) is 4.98 Å². The van der Waals surface area contributed by atoms with Crippen molar-refractivity contribution in [2.75, 3.05) is 25.1 Å². The molecule has 2 heterocycles. The maximum Gasteiger partial charge on any atom is 0.254 e. The number of anilines is 1. The SMILES string of the molecule is C=CCCOC(C)C(=O)Nc1nc2cc3c(cc2s1)OCCCO3. The minimum absolute atomic E-state index is 0.216. The number of hydrogen-bond donors (Lipinski definition) is 1. The second-order valence-corrected chi connectivity index (χ2v) is 6.45. The fraction of sp³-hybridized carbons (Fsp3) is 0.412. The minimum atomic E-state index is -0.541. The van der Waals surface area contributed by atoms with Gasteiger partial charge in [0.05, 0.1) is 30.0 Å². The molecule has 6 nitrogen and oxygen atoms in total. The number of ether oxygens (including phenoxy) is 3. The van der Waals surface area contributed by atoms with Crippen LogP contribution >= 0.6 is 11.3 Å². The molecule has 1 aliphatic rings. The molecule has 0 saturated carbocycles. The minimum Gasteiger partial charge on any atom is -0.490 e. The van der Waals surface area contributed by atoms with E-state index in [1.54, 1.807) is 13.0 Å². The van der Waals surface area contributed by atoms with Crippen LogP contribution in [0, 0.1) is 0 Å². The van der Waals surface area contributed by atoms with Crippen LogP contribution in [0.3, 0.4) is 0 Å². The van der Waals surface area contributed by atoms with Crippen LogP contribution in [0.1, 0.15) is 19.8 Å². The van der Waals surface area contributed by atoms with Gasteiger partial charge in [0.2, 0.25) is 0 Å². The maximum atomic E-state index is 12.1. The summed E-state index contributed by atoms with van der Waals surface area (Å²) in [5.74, 6) is 1.21. The molecule has 0 aliphatic carbocycles. The third-order valence-corrected chi connectivity index (χ3v) is 4.48. The Morgan fingerprint density at radius 3 is 2.96 bits per heavy atom. The second-order valence-electron chi connectivity index (χ2n) is 5.42. The van der Waals surface area contributed by atoms with Crippen molar-refractivity contribution in [2.24, 2.45) is 0 Å². The Labute approximate surface area is 144 Å². The third-order valence-electron chi connectivity index (χ3n) is 3.55. The highest BCUT2D eigenvalue weighted by Crippen LogP contribution is 2.37. The Hall–Kier alpha value is -2.12. The third kappa shape index (κ3) is 3.85. The van der Waals surface area contributed by atoms with Crippen LogP contribution in [0.2, 0.25) is 0 Å². The molecule has 1 unspecified atom stereocenters. The predicted molar refractivity (Wildman–Crippen MR) is 94.1 cm³/mol. The van der Waals surface area contributed by atoms with Crippen molar-refractivity contribution in [1.82, 2.24) is 4.98 Å². The maximum absolute atomic E-state index is 12.1. The number of aromatic nitrogens is 1. The van der Waals surface area contributed by atoms with E-state index in [4.69, 9.17) is 14.2 Å². The number of rotatable bonds is 6. The summed E-state index contributed by atoms with van der Waals surface area (Å²) in [6, 6.07) is 3.76. The summed E-state index contributed by atoms with van der Waals surface area (Å²) in [5.41, 5.74) is 0.778. The molecule has 1 atom stereocenters. The van der Waals surface area contributed by atoms with E-state index < -0.39 is 6.10 Å². The van der Waals surface area contributed by atoms with Crippen molar-refractivity contribution in [3.8, 4) is 11.5 Å². The van der Waals surface area contributed by atoms with E-state index in [0.717, 1.165) is 22.4 Å². The fourth-order valence-electron chi connectivity index (χ4n) is 2.25. The number of benzene rings is 1. The van der Waals surface area contributed by atoms with Gasteiger partial charge in [-0.15, -0.1) is 6.58 Å². The van der Waals surface area contributed by atoms with Crippen molar-refractivity contribution in [1.29, 1.82) is 0 Å². The molecule has 0 fully saturated rings. The standard InChI is InChI=1S/C17H20N2O4S/c1-3-4-6-21-11(2)16(20)19-17-18-12-9-13-14(10-15(12)24-17)23-8-5-7-22-13/h3,9-11H,1,4-8H2,2H3,(H,18,19,20). The lowest BCUT2D eigenvalue weighted by molar-refractivity contribution is -0.126. The molecule has 1 aliphatic heterocycles. The Kier molecular flexibility index (Phi) is 5.32. The first-order valence-electron chi connectivity index (χ1n) is 7.91. The van der Waals surface area contributed by atoms with Gasteiger partial charge in [0.25, 0.3) is 5.91 Å². The highest BCUT2D eigenvalue weighted by Gasteiger charge is 2.17. The van der Waals surface area contributed by atoms with Gasteiger partial charge in [0, 0.05) is 18.6 Å². The van der Waals surface area contributed by atoms with Gasteiger partial charge in [-0.3, -0.25) is 10.1 Å². The summed E-state index contributed by atoms with van der Waals surface area (Å²) in [6.45, 7) is 7.08. The summed E-state index contributed by atoms with van der Waals surface area (Å²) < 4.78 is 17.7. The molecular formula is C17H20N2O4S. The first kappa shape index (κ1) is 16.7. The quantitative estimate of drug-likeness (QED) is 0.640. The van der Waals surface area contributed by atoms with E-state index in [-0.39, 0.29) is 5.91 Å². The molecule has 1 amide bonds. The lowest BCUT2D eigenvalue weighted by atomic mass is 10.3. The van der Waals surface area contributed by atoms with Crippen LogP contribution in [0.5, 0.6) is 11.5 Å². The molecule has 1 aromatic carbocycles. The zero-order valence-corrected chi connectivity index (χ0v) is 14.4. The van der Waals surface area contributed by atoms with Gasteiger partial charge >= 0.3 is 0 Å². The van der Waals surface area contributed by atoms with Gasteiger partial charge in [0.1, 0.15) is 6.10 Å². The molecule has 3 rings (SSSR count). The predicted octanol–water partition coefficient (Wildman–Crippen LogP) is 3.38. The first-order chi connectivity index (χ1) is 11.7. The molecule has 0 bridgehead atoms. The topological polar surface area (TPSA) is 69.7 Å². The van der Waals surface area contributed by atoms with Crippen molar-refractivity contribution in [3.63, 3.8) is 0 Å². The van der Waals surface area contributed by atoms with E-state index in [1.807, 2.05) is 12.1 Å². The second kappa shape index (κ2) is 7.63. The number of thiazole rings is 1. The summed E-state index contributed by atoms with van der Waals surface area (Å²) in [5, 5.41) is 3.33. The Morgan fingerprint density at radius 1 is 1.46 bits per heavy atom. The smallest absolute Gasteiger partial charge is 0.254 e. The highest BCUT2D eigenvalue weighted by molar-refractivity contribution is 7.22. The van der Waals surface area contributed by atoms with E-state index >= 15 is 0 Å². The summed E-state index contributed by atoms with van der Waals surface area (Å²) in [7, 11) is 0. The zero-order valence-electron chi connectivity index (χ0n) is 13.5. The van der Waals surface area contributed by atoms with Gasteiger partial charge in [0.15, 0.2) is 16.6 Å². The summed E-state index contributed by atoms with van der Waals surface area (Å²) in [4.78, 5) is 16.6. The van der Waals surface area contributed by atoms with Crippen LogP contribution < -0.4 is 14.8 Å². The molecule has 0 radical (unpaired) electrons. The number of nitrogens with one attached hydrogen (secondary N) is 1. The van der Waals surface area contributed by atoms with Crippen molar-refractivity contribution in [2.45, 2.75) is 25.9 Å². The van der Waals surface area contributed by atoms with Crippen molar-refractivity contribution < 1.29 is 19.0 Å². The van der Waals surface area contributed by atoms with E-state index in [1.165, 1.54) is 11.3 Å². The van der Waals surface area contributed by atoms with Gasteiger partial charge in [-0.05, 0) is 13.3 Å². The Balaban J connectivity index is 1.71. The molecular weight excluding hydrogens is 328 g/mol. The van der Waals surface area contributed by atoms with Crippen LogP contribution in [0.4, 0.5) is 5.13 Å². The van der Waals surface area contributed by atoms with Gasteiger partial charge in [-0.1, -0.05) is 17.4 Å². The average Bonchev–Trinajstić information content (AvgIpc) is 2.80. The van der Waals surface area contributed by atoms with Gasteiger partial charge in [-0.2, -0.15) is 0 Å². The normalized spacial score (nSPS) is 14.9. The average molecular weight is 348 g/mol. The van der Waals surface area contributed by atoms with Crippen LogP contribution in [-0.2, 0) is 9.53 Å². The first-order valence-corrected chi connectivity index (χ1v) is 8.72. The van der Waals surface area contributed by atoms with Gasteiger partial charge < -0.3 is 14.2 Å². The molecule has 1 N–H and O–H groups in total. The van der Waals surface area contributed by atoms with E-state index in [2.05, 4.69) is 16.9 Å². The molecule has 24 heavy (non-hydrogen) atoms. The van der Waals surface area contributed by atoms with Crippen LogP contribution in [0.25, 0.3) is 10.2 Å². The molecule has 1 aromatic heterocycles. The largest absolute Gasteiger partial charge is 0.490 e. The Morgan fingerprint density at radius 2 is 2.21 bits per heavy atom. The van der Waals surface area contributed by atoms with E-state index in [9.17, 15) is 4.79 Å². The molecule has 2 aromatic rings. The molecule has 7 heteroatoms. The van der Waals surface area contributed by atoms with Crippen LogP contribution in [-0.4, -0.2) is 36.8 Å². The number of nitrogens with zero attached hydrogens (tertiary/aromatic N) is 1. The fourth-order valence-corrected chi connectivity index (χ4v) is 3.13. The number of carbonyl (C=O) groups is 1. The monoisotopic (exact) mass is 348 g/mol. The van der Waals surface area contributed by atoms with Crippen LogP contribution in [0.15, 0.2) is 24.8 Å². The number of hydrogen-bond acceptors (Lipinski definition) is 6. The summed E-state index contributed by atoms with van der Waals surface area (Å²) >= 11 is 1.40. The number of amides is 1. The summed E-state index contributed by atoms with van der Waals surface area (Å²) in [6.07, 6.45) is 2.79. The van der Waals surface area contributed by atoms with Crippen molar-refractivity contribution in [3.05, 3.63) is 24.8 Å². The van der Waals surface area contributed by atoms with Crippen molar-refractivity contribution >= 4 is 32.6 Å². The number of carbonyl (C=O) groups excluding carboxylic acids is 1. The number of fused-ring (bicyclic) bond motifs is 2. The molecule has 0 saturated heterocycles. The lowest BCUT2D eigenvalue weighted by Gasteiger charge is -2.10. The molecule has 128 valence electrons. The van der Waals surface area contributed by atoms with E-state index in [0.29, 0.717) is 37.1 Å². The Bertz CT molecular complexity index is 701. The lowest BCUT2D eigenvalue weighted by Crippen LogP contribution is -2.27.